The van der Waals surface area contributed by atoms with Crippen LogP contribution in [0.4, 0.5) is 5.69 Å². The van der Waals surface area contributed by atoms with E-state index in [1.165, 1.54) is 18.7 Å². The lowest BCUT2D eigenvalue weighted by atomic mass is 10.0. The number of hydrogen-bond acceptors (Lipinski definition) is 7. The molecule has 0 spiro atoms. The topological polar surface area (TPSA) is 92.1 Å². The maximum absolute atomic E-state index is 12.9. The van der Waals surface area contributed by atoms with Gasteiger partial charge in [-0.15, -0.1) is 10.2 Å². The average Bonchev–Trinajstić information content (AvgIpc) is 3.32. The largest absolute Gasteiger partial charge is 0.411 e. The molecule has 0 bridgehead atoms. The smallest absolute Gasteiger partial charge is 0.277 e. The number of hydrogen-bond donors (Lipinski definition) is 1. The van der Waals surface area contributed by atoms with Gasteiger partial charge in [0, 0.05) is 35.6 Å². The molecule has 0 amide bonds. The number of thioether (sulfide) groups is 1. The predicted octanol–water partition coefficient (Wildman–Crippen LogP) is 5.09. The van der Waals surface area contributed by atoms with Gasteiger partial charge in [0.1, 0.15) is 0 Å². The third-order valence-electron chi connectivity index (χ3n) is 5.33. The highest BCUT2D eigenvalue weighted by Gasteiger charge is 2.25. The molecule has 0 aliphatic carbocycles. The Labute approximate surface area is 186 Å². The first kappa shape index (κ1) is 22.8. The number of rotatable bonds is 9. The zero-order valence-electron chi connectivity index (χ0n) is 18.8. The van der Waals surface area contributed by atoms with Crippen LogP contribution in [0.2, 0.25) is 0 Å². The van der Waals surface area contributed by atoms with Crippen LogP contribution in [0.25, 0.3) is 11.5 Å². The van der Waals surface area contributed by atoms with E-state index in [4.69, 9.17) is 4.42 Å². The molecule has 164 valence electrons. The van der Waals surface area contributed by atoms with Crippen LogP contribution >= 0.6 is 11.8 Å². The second-order valence-corrected chi connectivity index (χ2v) is 8.69. The van der Waals surface area contributed by atoms with Crippen molar-refractivity contribution in [3.8, 4) is 11.5 Å². The zero-order chi connectivity index (χ0) is 22.7. The molecule has 2 heterocycles. The van der Waals surface area contributed by atoms with Gasteiger partial charge < -0.3 is 14.3 Å². The minimum absolute atomic E-state index is 0.0563. The Balaban J connectivity index is 1.73. The van der Waals surface area contributed by atoms with Crippen molar-refractivity contribution in [3.63, 3.8) is 0 Å². The molecule has 1 atom stereocenters. The van der Waals surface area contributed by atoms with Gasteiger partial charge in [0.25, 0.3) is 5.22 Å². The van der Waals surface area contributed by atoms with Crippen LogP contribution in [0, 0.1) is 13.8 Å². The number of nitrogens with one attached hydrogen (secondary N) is 1. The molecule has 1 N–H and O–H groups in total. The van der Waals surface area contributed by atoms with Gasteiger partial charge in [0.2, 0.25) is 5.89 Å². The molecule has 0 saturated carbocycles. The lowest BCUT2D eigenvalue weighted by Gasteiger charge is -2.20. The first-order valence-corrected chi connectivity index (χ1v) is 11.2. The summed E-state index contributed by atoms with van der Waals surface area (Å²) in [5.41, 5.74) is 4.39. The molecule has 3 aromatic rings. The quantitative estimate of drug-likeness (QED) is 0.366. The van der Waals surface area contributed by atoms with Gasteiger partial charge in [-0.1, -0.05) is 11.8 Å². The maximum atomic E-state index is 12.9. The molecule has 8 heteroatoms. The lowest BCUT2D eigenvalue weighted by molar-refractivity contribution is 0.0988. The molecule has 0 aliphatic rings. The van der Waals surface area contributed by atoms with Crippen molar-refractivity contribution in [3.05, 3.63) is 46.8 Å². The Kier molecular flexibility index (Phi) is 7.00. The summed E-state index contributed by atoms with van der Waals surface area (Å²) >= 11 is 1.21. The molecule has 31 heavy (non-hydrogen) atoms. The van der Waals surface area contributed by atoms with Crippen molar-refractivity contribution in [1.82, 2.24) is 15.2 Å². The number of ketones is 2. The van der Waals surface area contributed by atoms with E-state index in [2.05, 4.69) is 33.9 Å². The fraction of sp³-hybridized carbons (Fsp3) is 0.391. The molecule has 0 radical (unpaired) electrons. The van der Waals surface area contributed by atoms with Gasteiger partial charge >= 0.3 is 0 Å². The van der Waals surface area contributed by atoms with Crippen molar-refractivity contribution in [2.45, 2.75) is 52.0 Å². The normalized spacial score (nSPS) is 12.1. The summed E-state index contributed by atoms with van der Waals surface area (Å²) in [5.74, 6) is 0.250. The van der Waals surface area contributed by atoms with Crippen LogP contribution in [-0.4, -0.2) is 45.1 Å². The van der Waals surface area contributed by atoms with E-state index in [0.717, 1.165) is 24.3 Å². The van der Waals surface area contributed by atoms with Crippen LogP contribution in [0.3, 0.4) is 0 Å². The number of aryl methyl sites for hydroxylation is 1. The monoisotopic (exact) mass is 440 g/mol. The third kappa shape index (κ3) is 4.74. The van der Waals surface area contributed by atoms with E-state index in [-0.39, 0.29) is 11.6 Å². The lowest BCUT2D eigenvalue weighted by Crippen LogP contribution is -2.21. The fourth-order valence-electron chi connectivity index (χ4n) is 3.71. The van der Waals surface area contributed by atoms with Crippen molar-refractivity contribution in [2.24, 2.45) is 0 Å². The van der Waals surface area contributed by atoms with Gasteiger partial charge in [0.15, 0.2) is 11.6 Å². The van der Waals surface area contributed by atoms with Crippen molar-refractivity contribution in [2.75, 3.05) is 18.0 Å². The number of carbonyl (C=O) groups is 2. The van der Waals surface area contributed by atoms with Crippen molar-refractivity contribution in [1.29, 1.82) is 0 Å². The van der Waals surface area contributed by atoms with E-state index in [9.17, 15) is 9.59 Å². The highest BCUT2D eigenvalue weighted by atomic mass is 32.2. The third-order valence-corrected chi connectivity index (χ3v) is 6.27. The Morgan fingerprint density at radius 3 is 2.32 bits per heavy atom. The number of carbonyl (C=O) groups excluding carboxylic acids is 2. The van der Waals surface area contributed by atoms with Crippen LogP contribution < -0.4 is 4.90 Å². The van der Waals surface area contributed by atoms with Gasteiger partial charge in [-0.25, -0.2) is 0 Å². The van der Waals surface area contributed by atoms with Crippen molar-refractivity contribution < 1.29 is 14.0 Å². The number of Topliss-reactive ketones (excluding diaryl/α,β-unsaturated/α-hetero) is 2. The van der Waals surface area contributed by atoms with Gasteiger partial charge in [-0.2, -0.15) is 0 Å². The van der Waals surface area contributed by atoms with Crippen LogP contribution in [0.5, 0.6) is 0 Å². The van der Waals surface area contributed by atoms with Gasteiger partial charge in [0.05, 0.1) is 10.9 Å². The Bertz CT molecular complexity index is 1080. The first-order valence-electron chi connectivity index (χ1n) is 10.4. The van der Waals surface area contributed by atoms with Crippen LogP contribution in [-0.2, 0) is 0 Å². The number of aromatic nitrogens is 3. The molecule has 0 saturated heterocycles. The molecule has 0 fully saturated rings. The molecule has 1 aromatic carbocycles. The second-order valence-electron chi connectivity index (χ2n) is 7.40. The molecule has 0 unspecified atom stereocenters. The minimum atomic E-state index is -0.449. The molecule has 7 nitrogen and oxygen atoms in total. The maximum Gasteiger partial charge on any atom is 0.277 e. The van der Waals surface area contributed by atoms with Gasteiger partial charge in [-0.3, -0.25) is 9.59 Å². The molecule has 3 rings (SSSR count). The molecular weight excluding hydrogens is 412 g/mol. The number of nitrogens with zero attached hydrogens (tertiary/aromatic N) is 3. The van der Waals surface area contributed by atoms with Gasteiger partial charge in [-0.05, 0) is 71.4 Å². The summed E-state index contributed by atoms with van der Waals surface area (Å²) in [6.45, 7) is 13.0. The Hall–Kier alpha value is -2.87. The molecule has 2 aromatic heterocycles. The summed E-state index contributed by atoms with van der Waals surface area (Å²) in [6.07, 6.45) is 0. The van der Waals surface area contributed by atoms with E-state index >= 15 is 0 Å². The van der Waals surface area contributed by atoms with E-state index in [0.29, 0.717) is 33.6 Å². The number of H-pyrrole nitrogens is 1. The van der Waals surface area contributed by atoms with Crippen LogP contribution in [0.15, 0.2) is 33.9 Å². The van der Waals surface area contributed by atoms with Crippen molar-refractivity contribution >= 4 is 29.0 Å². The van der Waals surface area contributed by atoms with Crippen LogP contribution in [0.1, 0.15) is 59.8 Å². The SMILES string of the molecule is CCN(CC)c1ccc(-c2nnc(S[C@@H](C)C(=O)c3[nH]c(C)c(C(C)=O)c3C)o2)cc1. The summed E-state index contributed by atoms with van der Waals surface area (Å²) in [4.78, 5) is 30.1. The highest BCUT2D eigenvalue weighted by molar-refractivity contribution is 8.00. The number of anilines is 1. The fourth-order valence-corrected chi connectivity index (χ4v) is 4.45. The summed E-state index contributed by atoms with van der Waals surface area (Å²) < 4.78 is 5.79. The summed E-state index contributed by atoms with van der Waals surface area (Å²) in [5, 5.41) is 8.10. The number of aromatic amines is 1. The van der Waals surface area contributed by atoms with E-state index in [1.54, 1.807) is 20.8 Å². The average molecular weight is 441 g/mol. The highest BCUT2D eigenvalue weighted by Crippen LogP contribution is 2.30. The summed E-state index contributed by atoms with van der Waals surface area (Å²) in [6, 6.07) is 7.99. The first-order chi connectivity index (χ1) is 14.8. The van der Waals surface area contributed by atoms with E-state index < -0.39 is 5.25 Å². The second kappa shape index (κ2) is 9.51. The Morgan fingerprint density at radius 1 is 1.13 bits per heavy atom. The molecule has 0 aliphatic heterocycles. The number of benzene rings is 1. The predicted molar refractivity (Wildman–Crippen MR) is 123 cm³/mol. The standard InChI is InChI=1S/C23H28N4O3S/c1-7-27(8-2)18-11-9-17(10-12-18)22-25-26-23(30-22)31-16(6)21(29)20-13(3)19(15(5)28)14(4)24-20/h9-12,16,24H,7-8H2,1-6H3/t16-/m0/s1. The zero-order valence-corrected chi connectivity index (χ0v) is 19.6. The molecular formula is C23H28N4O3S. The Morgan fingerprint density at radius 2 is 1.77 bits per heavy atom. The van der Waals surface area contributed by atoms with E-state index in [1.807, 2.05) is 24.3 Å². The summed E-state index contributed by atoms with van der Waals surface area (Å²) in [7, 11) is 0. The minimum Gasteiger partial charge on any atom is -0.411 e.